The highest BCUT2D eigenvalue weighted by molar-refractivity contribution is 7.22. The smallest absolute Gasteiger partial charge is 0.253 e. The lowest BCUT2D eigenvalue weighted by Gasteiger charge is -2.18. The van der Waals surface area contributed by atoms with Gasteiger partial charge in [-0.05, 0) is 60.5 Å². The highest BCUT2D eigenvalue weighted by atomic mass is 32.1. The average Bonchev–Trinajstić information content (AvgIpc) is 3.29. The number of methoxy groups -OCH3 is 2. The summed E-state index contributed by atoms with van der Waals surface area (Å²) in [6.45, 7) is 2.88. The topological polar surface area (TPSA) is 73.8 Å². The van der Waals surface area contributed by atoms with Crippen molar-refractivity contribution in [2.24, 2.45) is 0 Å². The van der Waals surface area contributed by atoms with Crippen LogP contribution in [0.4, 0.5) is 5.13 Å². The van der Waals surface area contributed by atoms with Crippen LogP contribution in [-0.2, 0) is 11.3 Å². The SMILES string of the molecule is CCOc1ccc2nc(N(Cc3cccnc3)C(=O)/C=C/c3ccc(OC)c(OC)c3)sc2c1. The molecule has 0 radical (unpaired) electrons. The molecule has 2 aromatic carbocycles. The summed E-state index contributed by atoms with van der Waals surface area (Å²) < 4.78 is 17.2. The molecule has 0 aliphatic rings. The molecule has 0 atom stereocenters. The summed E-state index contributed by atoms with van der Waals surface area (Å²) in [5.74, 6) is 1.82. The minimum absolute atomic E-state index is 0.192. The number of amides is 1. The number of carbonyl (C=O) groups is 1. The van der Waals surface area contributed by atoms with Crippen molar-refractivity contribution in [1.29, 1.82) is 0 Å². The third-order valence-corrected chi connectivity index (χ3v) is 6.09. The van der Waals surface area contributed by atoms with E-state index in [0.717, 1.165) is 27.1 Å². The van der Waals surface area contributed by atoms with Crippen LogP contribution in [0.5, 0.6) is 17.2 Å². The number of thiazole rings is 1. The number of benzene rings is 2. The number of rotatable bonds is 9. The molecule has 0 unspecified atom stereocenters. The molecule has 0 aliphatic carbocycles. The van der Waals surface area contributed by atoms with Gasteiger partial charge in [-0.1, -0.05) is 23.5 Å². The maximum atomic E-state index is 13.3. The van der Waals surface area contributed by atoms with Crippen LogP contribution in [0.1, 0.15) is 18.1 Å². The molecular formula is C26H25N3O4S. The van der Waals surface area contributed by atoms with Gasteiger partial charge in [0.15, 0.2) is 16.6 Å². The molecule has 0 spiro atoms. The van der Waals surface area contributed by atoms with E-state index >= 15 is 0 Å². The summed E-state index contributed by atoms with van der Waals surface area (Å²) in [4.78, 5) is 23.9. The maximum Gasteiger partial charge on any atom is 0.253 e. The summed E-state index contributed by atoms with van der Waals surface area (Å²) in [7, 11) is 3.17. The lowest BCUT2D eigenvalue weighted by atomic mass is 10.2. The molecular weight excluding hydrogens is 450 g/mol. The minimum Gasteiger partial charge on any atom is -0.494 e. The molecule has 1 amide bonds. The Morgan fingerprint density at radius 3 is 2.68 bits per heavy atom. The molecule has 8 heteroatoms. The van der Waals surface area contributed by atoms with Gasteiger partial charge in [0.2, 0.25) is 0 Å². The van der Waals surface area contributed by atoms with Crippen molar-refractivity contribution >= 4 is 38.7 Å². The Morgan fingerprint density at radius 1 is 1.09 bits per heavy atom. The Labute approximate surface area is 202 Å². The quantitative estimate of drug-likeness (QED) is 0.304. The van der Waals surface area contributed by atoms with E-state index in [1.54, 1.807) is 43.7 Å². The molecule has 0 saturated carbocycles. The molecule has 34 heavy (non-hydrogen) atoms. The first-order valence-electron chi connectivity index (χ1n) is 10.7. The first-order valence-corrected chi connectivity index (χ1v) is 11.6. The van der Waals surface area contributed by atoms with Gasteiger partial charge >= 0.3 is 0 Å². The second-order valence-electron chi connectivity index (χ2n) is 7.29. The van der Waals surface area contributed by atoms with E-state index in [0.29, 0.717) is 29.8 Å². The third-order valence-electron chi connectivity index (χ3n) is 5.05. The van der Waals surface area contributed by atoms with Crippen molar-refractivity contribution in [3.63, 3.8) is 0 Å². The molecule has 2 aromatic heterocycles. The number of pyridine rings is 1. The van der Waals surface area contributed by atoms with E-state index in [1.807, 2.05) is 49.4 Å². The molecule has 0 N–H and O–H groups in total. The highest BCUT2D eigenvalue weighted by Gasteiger charge is 2.19. The second-order valence-corrected chi connectivity index (χ2v) is 8.30. The van der Waals surface area contributed by atoms with Gasteiger partial charge < -0.3 is 14.2 Å². The van der Waals surface area contributed by atoms with Gasteiger partial charge in [0.25, 0.3) is 5.91 Å². The number of carbonyl (C=O) groups excluding carboxylic acids is 1. The summed E-state index contributed by atoms with van der Waals surface area (Å²) >= 11 is 1.45. The first kappa shape index (κ1) is 23.3. The van der Waals surface area contributed by atoms with Gasteiger partial charge in [-0.15, -0.1) is 0 Å². The monoisotopic (exact) mass is 475 g/mol. The third kappa shape index (κ3) is 5.35. The predicted molar refractivity (Wildman–Crippen MR) is 135 cm³/mol. The Bertz CT molecular complexity index is 1300. The summed E-state index contributed by atoms with van der Waals surface area (Å²) in [6, 6.07) is 15.0. The number of hydrogen-bond donors (Lipinski definition) is 0. The van der Waals surface area contributed by atoms with Crippen molar-refractivity contribution in [3.05, 3.63) is 78.1 Å². The van der Waals surface area contributed by atoms with Crippen LogP contribution in [0.3, 0.4) is 0 Å². The number of ether oxygens (including phenoxy) is 3. The van der Waals surface area contributed by atoms with Crippen LogP contribution < -0.4 is 19.1 Å². The molecule has 0 bridgehead atoms. The molecule has 4 aromatic rings. The fourth-order valence-corrected chi connectivity index (χ4v) is 4.39. The van der Waals surface area contributed by atoms with Gasteiger partial charge in [0.1, 0.15) is 5.75 Å². The van der Waals surface area contributed by atoms with Crippen LogP contribution >= 0.6 is 11.3 Å². The molecule has 7 nitrogen and oxygen atoms in total. The standard InChI is InChI=1S/C26H25N3O4S/c1-4-33-20-9-10-21-24(15-20)34-26(28-21)29(17-19-6-5-13-27-16-19)25(30)12-8-18-7-11-22(31-2)23(14-18)32-3/h5-16H,4,17H2,1-3H3/b12-8+. The minimum atomic E-state index is -0.192. The van der Waals surface area contributed by atoms with E-state index < -0.39 is 0 Å². The van der Waals surface area contributed by atoms with Crippen molar-refractivity contribution in [2.75, 3.05) is 25.7 Å². The Kier molecular flexibility index (Phi) is 7.39. The Morgan fingerprint density at radius 2 is 1.94 bits per heavy atom. The van der Waals surface area contributed by atoms with E-state index in [-0.39, 0.29) is 5.91 Å². The summed E-state index contributed by atoms with van der Waals surface area (Å²) in [5, 5.41) is 0.606. The van der Waals surface area contributed by atoms with Crippen LogP contribution in [0.25, 0.3) is 16.3 Å². The maximum absolute atomic E-state index is 13.3. The van der Waals surface area contributed by atoms with Crippen LogP contribution in [0, 0.1) is 0 Å². The van der Waals surface area contributed by atoms with Crippen molar-refractivity contribution in [1.82, 2.24) is 9.97 Å². The molecule has 4 rings (SSSR count). The van der Waals surface area contributed by atoms with Crippen LogP contribution in [-0.4, -0.2) is 36.7 Å². The number of hydrogen-bond acceptors (Lipinski definition) is 7. The number of nitrogens with zero attached hydrogens (tertiary/aromatic N) is 3. The van der Waals surface area contributed by atoms with E-state index in [1.165, 1.54) is 17.4 Å². The average molecular weight is 476 g/mol. The van der Waals surface area contributed by atoms with Gasteiger partial charge in [0.05, 0.1) is 37.6 Å². The van der Waals surface area contributed by atoms with Gasteiger partial charge in [-0.25, -0.2) is 4.98 Å². The van der Waals surface area contributed by atoms with E-state index in [4.69, 9.17) is 19.2 Å². The van der Waals surface area contributed by atoms with Gasteiger partial charge in [-0.3, -0.25) is 14.7 Å². The molecule has 174 valence electrons. The lowest BCUT2D eigenvalue weighted by Crippen LogP contribution is -2.28. The van der Waals surface area contributed by atoms with Crippen LogP contribution in [0.2, 0.25) is 0 Å². The van der Waals surface area contributed by atoms with E-state index in [2.05, 4.69) is 4.98 Å². The van der Waals surface area contributed by atoms with Crippen molar-refractivity contribution < 1.29 is 19.0 Å². The highest BCUT2D eigenvalue weighted by Crippen LogP contribution is 2.33. The normalized spacial score (nSPS) is 11.0. The number of aromatic nitrogens is 2. The molecule has 2 heterocycles. The Balaban J connectivity index is 1.65. The summed E-state index contributed by atoms with van der Waals surface area (Å²) in [5.41, 5.74) is 2.54. The largest absolute Gasteiger partial charge is 0.494 e. The zero-order valence-corrected chi connectivity index (χ0v) is 20.0. The predicted octanol–water partition coefficient (Wildman–Crippen LogP) is 5.35. The van der Waals surface area contributed by atoms with Crippen molar-refractivity contribution in [3.8, 4) is 17.2 Å². The van der Waals surface area contributed by atoms with Gasteiger partial charge in [-0.2, -0.15) is 0 Å². The second kappa shape index (κ2) is 10.8. The number of anilines is 1. The zero-order valence-electron chi connectivity index (χ0n) is 19.2. The number of fused-ring (bicyclic) bond motifs is 1. The summed E-state index contributed by atoms with van der Waals surface area (Å²) in [6.07, 6.45) is 6.74. The fourth-order valence-electron chi connectivity index (χ4n) is 3.39. The molecule has 0 saturated heterocycles. The Hall–Kier alpha value is -3.91. The molecule has 0 fully saturated rings. The van der Waals surface area contributed by atoms with Crippen molar-refractivity contribution in [2.45, 2.75) is 13.5 Å². The molecule has 0 aliphatic heterocycles. The first-order chi connectivity index (χ1) is 16.6. The van der Waals surface area contributed by atoms with Crippen LogP contribution in [0.15, 0.2) is 67.0 Å². The zero-order chi connectivity index (χ0) is 23.9. The van der Waals surface area contributed by atoms with E-state index in [9.17, 15) is 4.79 Å². The lowest BCUT2D eigenvalue weighted by molar-refractivity contribution is -0.114. The van der Waals surface area contributed by atoms with Gasteiger partial charge in [0, 0.05) is 18.5 Å². The fraction of sp³-hybridized carbons (Fsp3) is 0.192.